The molecule has 2 aromatic carbocycles. The lowest BCUT2D eigenvalue weighted by Crippen LogP contribution is -2.57. The minimum Gasteiger partial charge on any atom is -0.461 e. The molecule has 2 aromatic rings. The van der Waals surface area contributed by atoms with Gasteiger partial charge in [-0.05, 0) is 49.1 Å². The number of amides is 2. The van der Waals surface area contributed by atoms with E-state index in [1.807, 2.05) is 37.3 Å². The van der Waals surface area contributed by atoms with Crippen LogP contribution in [-0.4, -0.2) is 64.8 Å². The summed E-state index contributed by atoms with van der Waals surface area (Å²) in [6.07, 6.45) is 4.47. The Hall–Kier alpha value is -3.46. The molecule has 3 aliphatic heterocycles. The van der Waals surface area contributed by atoms with Crippen LogP contribution in [0.1, 0.15) is 37.8 Å². The zero-order valence-corrected chi connectivity index (χ0v) is 23.8. The molecular weight excluding hydrogens is 544 g/mol. The maximum absolute atomic E-state index is 14.8. The van der Waals surface area contributed by atoms with Crippen molar-refractivity contribution in [3.05, 3.63) is 90.5 Å². The Morgan fingerprint density at radius 3 is 2.49 bits per heavy atom. The highest BCUT2D eigenvalue weighted by Gasteiger charge is 2.79. The second-order valence-corrected chi connectivity index (χ2v) is 11.3. The van der Waals surface area contributed by atoms with E-state index in [-0.39, 0.29) is 19.1 Å². The molecule has 1 N–H and O–H groups in total. The van der Waals surface area contributed by atoms with E-state index in [2.05, 4.69) is 13.2 Å². The van der Waals surface area contributed by atoms with Gasteiger partial charge in [0.05, 0.1) is 24.2 Å². The Balaban J connectivity index is 1.67. The molecular formula is C32H35ClN2O6. The highest BCUT2D eigenvalue weighted by molar-refractivity contribution is 6.30. The minimum absolute atomic E-state index is 0.00205. The van der Waals surface area contributed by atoms with Crippen LogP contribution in [0.2, 0.25) is 5.02 Å². The molecule has 3 heterocycles. The third-order valence-electron chi connectivity index (χ3n) is 8.86. The second kappa shape index (κ2) is 11.4. The summed E-state index contributed by atoms with van der Waals surface area (Å²) in [4.78, 5) is 45.9. The van der Waals surface area contributed by atoms with Gasteiger partial charge in [-0.1, -0.05) is 67.6 Å². The highest BCUT2D eigenvalue weighted by Crippen LogP contribution is 2.65. The molecule has 2 unspecified atom stereocenters. The van der Waals surface area contributed by atoms with Gasteiger partial charge < -0.3 is 24.4 Å². The molecule has 1 spiro atoms. The van der Waals surface area contributed by atoms with E-state index < -0.39 is 53.6 Å². The van der Waals surface area contributed by atoms with Crippen LogP contribution in [0.3, 0.4) is 0 Å². The van der Waals surface area contributed by atoms with E-state index in [4.69, 9.17) is 21.1 Å². The largest absolute Gasteiger partial charge is 0.461 e. The molecule has 9 heteroatoms. The van der Waals surface area contributed by atoms with Gasteiger partial charge in [-0.25, -0.2) is 0 Å². The van der Waals surface area contributed by atoms with Crippen molar-refractivity contribution in [2.75, 3.05) is 24.7 Å². The number of rotatable bonds is 11. The van der Waals surface area contributed by atoms with Gasteiger partial charge >= 0.3 is 5.97 Å². The Bertz CT molecular complexity index is 1330. The third kappa shape index (κ3) is 4.58. The molecule has 216 valence electrons. The smallest absolute Gasteiger partial charge is 0.313 e. The van der Waals surface area contributed by atoms with Crippen molar-refractivity contribution in [2.24, 2.45) is 11.8 Å². The number of likely N-dealkylation sites (tertiary alicyclic amines) is 1. The fourth-order valence-corrected chi connectivity index (χ4v) is 7.24. The number of carbonyl (C=O) groups is 3. The molecule has 0 radical (unpaired) electrons. The molecule has 3 saturated heterocycles. The maximum Gasteiger partial charge on any atom is 0.313 e. The number of fused-ring (bicyclic) bond motifs is 1. The maximum atomic E-state index is 14.8. The number of nitrogens with zero attached hydrogens (tertiary/aromatic N) is 2. The predicted molar refractivity (Wildman–Crippen MR) is 155 cm³/mol. The van der Waals surface area contributed by atoms with Crippen LogP contribution < -0.4 is 4.90 Å². The Morgan fingerprint density at radius 1 is 1.17 bits per heavy atom. The van der Waals surface area contributed by atoms with E-state index in [9.17, 15) is 19.5 Å². The van der Waals surface area contributed by atoms with Gasteiger partial charge in [0.15, 0.2) is 0 Å². The van der Waals surface area contributed by atoms with Crippen LogP contribution in [0.4, 0.5) is 5.69 Å². The second-order valence-electron chi connectivity index (χ2n) is 10.8. The van der Waals surface area contributed by atoms with Gasteiger partial charge in [0, 0.05) is 17.3 Å². The standard InChI is InChI=1S/C32H35ClN2O6/c1-4-18-34(23-14-12-22(33)13-15-23)29(38)27-32-17-16-31(6-3,41-32)26(30(39)40-19-5-2)25(32)28(37)35(27)24(20-36)21-10-8-7-9-11-21/h4-5,7-15,24-27,36H,1-2,6,16-20H2,3H3/t24-,25+,26-,27?,31+,32?/m1/s1. The van der Waals surface area contributed by atoms with E-state index in [0.717, 1.165) is 0 Å². The Labute approximate surface area is 245 Å². The van der Waals surface area contributed by atoms with Crippen molar-refractivity contribution in [1.82, 2.24) is 4.90 Å². The van der Waals surface area contributed by atoms with Gasteiger partial charge in [0.25, 0.3) is 5.91 Å². The SMILES string of the molecule is C=CCOC(=O)[C@H]1[C@H]2C(=O)N([C@H](CO)c3ccccc3)C(C(=O)N(CC=C)c3ccc(Cl)cc3)C23CC[C@]1(CC)O3. The van der Waals surface area contributed by atoms with Gasteiger partial charge in [-0.3, -0.25) is 14.4 Å². The molecule has 5 rings (SSSR count). The number of aliphatic hydroxyl groups is 1. The number of hydrogen-bond acceptors (Lipinski definition) is 6. The molecule has 41 heavy (non-hydrogen) atoms. The third-order valence-corrected chi connectivity index (χ3v) is 9.11. The summed E-state index contributed by atoms with van der Waals surface area (Å²) < 4.78 is 12.3. The van der Waals surface area contributed by atoms with Crippen LogP contribution in [0.5, 0.6) is 0 Å². The topological polar surface area (TPSA) is 96.4 Å². The summed E-state index contributed by atoms with van der Waals surface area (Å²) in [5, 5.41) is 11.2. The molecule has 3 aliphatic rings. The average molecular weight is 579 g/mol. The quantitative estimate of drug-likeness (QED) is 0.312. The first-order chi connectivity index (χ1) is 19.8. The monoisotopic (exact) mass is 578 g/mol. The first-order valence-corrected chi connectivity index (χ1v) is 14.3. The molecule has 0 aliphatic carbocycles. The highest BCUT2D eigenvalue weighted by atomic mass is 35.5. The summed E-state index contributed by atoms with van der Waals surface area (Å²) in [5.74, 6) is -3.18. The van der Waals surface area contributed by atoms with Gasteiger partial charge in [-0.2, -0.15) is 0 Å². The Morgan fingerprint density at radius 2 is 1.88 bits per heavy atom. The van der Waals surface area contributed by atoms with Crippen molar-refractivity contribution in [1.29, 1.82) is 0 Å². The number of hydrogen-bond donors (Lipinski definition) is 1. The summed E-state index contributed by atoms with van der Waals surface area (Å²) >= 11 is 6.13. The number of ether oxygens (including phenoxy) is 2. The summed E-state index contributed by atoms with van der Waals surface area (Å²) in [6, 6.07) is 14.0. The summed E-state index contributed by atoms with van der Waals surface area (Å²) in [7, 11) is 0. The molecule has 2 amide bonds. The zero-order valence-electron chi connectivity index (χ0n) is 23.1. The van der Waals surface area contributed by atoms with Gasteiger partial charge in [0.1, 0.15) is 24.2 Å². The number of anilines is 1. The molecule has 0 aromatic heterocycles. The number of benzene rings is 2. The normalized spacial score (nSPS) is 28.7. The van der Waals surface area contributed by atoms with E-state index in [0.29, 0.717) is 35.5 Å². The van der Waals surface area contributed by atoms with Crippen molar-refractivity contribution in [2.45, 2.75) is 49.5 Å². The lowest BCUT2D eigenvalue weighted by molar-refractivity contribution is -0.161. The number of esters is 1. The first kappa shape index (κ1) is 29.0. The van der Waals surface area contributed by atoms with Crippen LogP contribution in [0, 0.1) is 11.8 Å². The lowest BCUT2D eigenvalue weighted by atomic mass is 9.65. The van der Waals surface area contributed by atoms with E-state index in [1.54, 1.807) is 35.2 Å². The molecule has 8 nitrogen and oxygen atoms in total. The van der Waals surface area contributed by atoms with Crippen LogP contribution in [0.15, 0.2) is 79.9 Å². The van der Waals surface area contributed by atoms with Gasteiger partial charge in [0.2, 0.25) is 5.91 Å². The minimum atomic E-state index is -1.28. The van der Waals surface area contributed by atoms with Crippen molar-refractivity contribution >= 4 is 35.1 Å². The number of halogens is 1. The van der Waals surface area contributed by atoms with Gasteiger partial charge in [-0.15, -0.1) is 6.58 Å². The fourth-order valence-electron chi connectivity index (χ4n) is 7.11. The zero-order chi connectivity index (χ0) is 29.4. The molecule has 3 fully saturated rings. The fraction of sp³-hybridized carbons (Fsp3) is 0.406. The van der Waals surface area contributed by atoms with Crippen molar-refractivity contribution in [3.8, 4) is 0 Å². The van der Waals surface area contributed by atoms with Crippen molar-refractivity contribution in [3.63, 3.8) is 0 Å². The summed E-state index contributed by atoms with van der Waals surface area (Å²) in [5.41, 5.74) is -0.971. The van der Waals surface area contributed by atoms with Crippen LogP contribution in [-0.2, 0) is 23.9 Å². The molecule has 6 atom stereocenters. The number of aliphatic hydroxyl groups excluding tert-OH is 1. The van der Waals surface area contributed by atoms with E-state index in [1.165, 1.54) is 11.0 Å². The Kier molecular flexibility index (Phi) is 8.10. The van der Waals surface area contributed by atoms with Crippen LogP contribution in [0.25, 0.3) is 0 Å². The number of carbonyl (C=O) groups excluding carboxylic acids is 3. The summed E-state index contributed by atoms with van der Waals surface area (Å²) in [6.45, 7) is 9.15. The molecule has 2 bridgehead atoms. The lowest BCUT2D eigenvalue weighted by Gasteiger charge is -2.39. The van der Waals surface area contributed by atoms with Crippen LogP contribution >= 0.6 is 11.6 Å². The predicted octanol–water partition coefficient (Wildman–Crippen LogP) is 4.48. The average Bonchev–Trinajstić information content (AvgIpc) is 3.60. The molecule has 0 saturated carbocycles. The first-order valence-electron chi connectivity index (χ1n) is 13.9. The van der Waals surface area contributed by atoms with E-state index >= 15 is 0 Å². The van der Waals surface area contributed by atoms with Crippen molar-refractivity contribution < 1.29 is 29.0 Å².